The third-order valence-corrected chi connectivity index (χ3v) is 5.41. The van der Waals surface area contributed by atoms with E-state index in [-0.39, 0.29) is 17.6 Å². The lowest BCUT2D eigenvalue weighted by Crippen LogP contribution is -2.45. The molecular weight excluding hydrogens is 319 g/mol. The number of halogens is 1. The molecule has 2 N–H and O–H groups in total. The number of likely N-dealkylation sites (tertiary alicyclic amines) is 1. The maximum Gasteiger partial charge on any atom is 0.223 e. The van der Waals surface area contributed by atoms with E-state index in [1.54, 1.807) is 12.1 Å². The lowest BCUT2D eigenvalue weighted by molar-refractivity contribution is -0.125. The SMILES string of the molecule is O=C(NCCN1CCC(O)(c2cccc(F)c2)CC1)C1CC=CCC1. The molecule has 0 aromatic heterocycles. The van der Waals surface area contributed by atoms with Gasteiger partial charge in [0.1, 0.15) is 5.82 Å². The van der Waals surface area contributed by atoms with Gasteiger partial charge in [-0.3, -0.25) is 4.79 Å². The zero-order chi connectivity index (χ0) is 17.7. The van der Waals surface area contributed by atoms with Crippen molar-refractivity contribution >= 4 is 5.91 Å². The zero-order valence-electron chi connectivity index (χ0n) is 14.6. The molecule has 0 spiro atoms. The Hall–Kier alpha value is -1.72. The number of carbonyl (C=O) groups excluding carboxylic acids is 1. The lowest BCUT2D eigenvalue weighted by atomic mass is 9.84. The van der Waals surface area contributed by atoms with Crippen molar-refractivity contribution in [3.8, 4) is 0 Å². The van der Waals surface area contributed by atoms with Crippen LogP contribution in [0.25, 0.3) is 0 Å². The van der Waals surface area contributed by atoms with Gasteiger partial charge in [-0.05, 0) is 49.8 Å². The van der Waals surface area contributed by atoms with Gasteiger partial charge in [-0.15, -0.1) is 0 Å². The Balaban J connectivity index is 1.42. The Morgan fingerprint density at radius 1 is 1.32 bits per heavy atom. The van der Waals surface area contributed by atoms with Crippen molar-refractivity contribution in [2.75, 3.05) is 26.2 Å². The van der Waals surface area contributed by atoms with Crippen molar-refractivity contribution in [1.29, 1.82) is 0 Å². The molecule has 0 saturated carbocycles. The van der Waals surface area contributed by atoms with Gasteiger partial charge in [0.15, 0.2) is 0 Å². The summed E-state index contributed by atoms with van der Waals surface area (Å²) in [6.07, 6.45) is 8.16. The quantitative estimate of drug-likeness (QED) is 0.806. The summed E-state index contributed by atoms with van der Waals surface area (Å²) in [5, 5.41) is 13.8. The molecule has 1 aliphatic carbocycles. The molecule has 1 amide bonds. The van der Waals surface area contributed by atoms with E-state index in [1.165, 1.54) is 12.1 Å². The highest BCUT2D eigenvalue weighted by molar-refractivity contribution is 5.78. The van der Waals surface area contributed by atoms with Gasteiger partial charge in [-0.2, -0.15) is 0 Å². The summed E-state index contributed by atoms with van der Waals surface area (Å²) in [6, 6.07) is 6.25. The summed E-state index contributed by atoms with van der Waals surface area (Å²) in [7, 11) is 0. The highest BCUT2D eigenvalue weighted by Gasteiger charge is 2.34. The minimum absolute atomic E-state index is 0.115. The monoisotopic (exact) mass is 346 g/mol. The fraction of sp³-hybridized carbons (Fsp3) is 0.550. The summed E-state index contributed by atoms with van der Waals surface area (Å²) >= 11 is 0. The molecule has 1 saturated heterocycles. The van der Waals surface area contributed by atoms with Crippen molar-refractivity contribution in [3.05, 3.63) is 47.8 Å². The van der Waals surface area contributed by atoms with Crippen LogP contribution in [0, 0.1) is 11.7 Å². The van der Waals surface area contributed by atoms with E-state index in [4.69, 9.17) is 0 Å². The van der Waals surface area contributed by atoms with Crippen LogP contribution in [0.2, 0.25) is 0 Å². The predicted octanol–water partition coefficient (Wildman–Crippen LogP) is 2.58. The van der Waals surface area contributed by atoms with E-state index in [0.717, 1.165) is 38.9 Å². The molecule has 0 bridgehead atoms. The van der Waals surface area contributed by atoms with Gasteiger partial charge < -0.3 is 15.3 Å². The van der Waals surface area contributed by atoms with Crippen LogP contribution in [0.15, 0.2) is 36.4 Å². The summed E-state index contributed by atoms with van der Waals surface area (Å²) in [4.78, 5) is 14.4. The Morgan fingerprint density at radius 2 is 2.12 bits per heavy atom. The number of carbonyl (C=O) groups is 1. The summed E-state index contributed by atoms with van der Waals surface area (Å²) in [6.45, 7) is 2.91. The molecular formula is C20H27FN2O2. The number of hydrogen-bond donors (Lipinski definition) is 2. The van der Waals surface area contributed by atoms with Gasteiger partial charge in [0.05, 0.1) is 5.60 Å². The number of nitrogens with one attached hydrogen (secondary N) is 1. The summed E-state index contributed by atoms with van der Waals surface area (Å²) in [5.74, 6) is -0.0457. The maximum absolute atomic E-state index is 13.4. The first kappa shape index (κ1) is 18.1. The average Bonchev–Trinajstić information content (AvgIpc) is 2.64. The largest absolute Gasteiger partial charge is 0.385 e. The van der Waals surface area contributed by atoms with E-state index in [0.29, 0.717) is 24.9 Å². The van der Waals surface area contributed by atoms with E-state index >= 15 is 0 Å². The normalized spacial score (nSPS) is 23.4. The van der Waals surface area contributed by atoms with Crippen molar-refractivity contribution in [1.82, 2.24) is 10.2 Å². The molecule has 3 rings (SSSR count). The van der Waals surface area contributed by atoms with Gasteiger partial charge in [0.2, 0.25) is 5.91 Å². The third-order valence-electron chi connectivity index (χ3n) is 5.41. The van der Waals surface area contributed by atoms with Crippen LogP contribution in [0.3, 0.4) is 0 Å². The number of allylic oxidation sites excluding steroid dienone is 2. The number of aliphatic hydroxyl groups is 1. The van der Waals surface area contributed by atoms with Gasteiger partial charge in [0.25, 0.3) is 0 Å². The molecule has 1 aromatic carbocycles. The molecule has 0 radical (unpaired) electrons. The number of hydrogen-bond acceptors (Lipinski definition) is 3. The second-order valence-electron chi connectivity index (χ2n) is 7.16. The van der Waals surface area contributed by atoms with Crippen LogP contribution >= 0.6 is 0 Å². The Bertz CT molecular complexity index is 624. The van der Waals surface area contributed by atoms with Gasteiger partial charge in [-0.25, -0.2) is 4.39 Å². The molecule has 1 fully saturated rings. The number of benzene rings is 1. The zero-order valence-corrected chi connectivity index (χ0v) is 14.6. The first-order chi connectivity index (χ1) is 12.1. The Kier molecular flexibility index (Phi) is 5.86. The molecule has 136 valence electrons. The van der Waals surface area contributed by atoms with Crippen LogP contribution in [-0.4, -0.2) is 42.1 Å². The van der Waals surface area contributed by atoms with Crippen LogP contribution in [0.4, 0.5) is 4.39 Å². The molecule has 1 unspecified atom stereocenters. The van der Waals surface area contributed by atoms with Crippen LogP contribution in [0.5, 0.6) is 0 Å². The van der Waals surface area contributed by atoms with Crippen molar-refractivity contribution in [2.24, 2.45) is 5.92 Å². The minimum atomic E-state index is -0.948. The first-order valence-corrected chi connectivity index (χ1v) is 9.20. The Labute approximate surface area is 148 Å². The fourth-order valence-electron chi connectivity index (χ4n) is 3.73. The van der Waals surface area contributed by atoms with Gasteiger partial charge in [-0.1, -0.05) is 24.3 Å². The fourth-order valence-corrected chi connectivity index (χ4v) is 3.73. The Morgan fingerprint density at radius 3 is 2.80 bits per heavy atom. The molecule has 1 atom stereocenters. The number of nitrogens with zero attached hydrogens (tertiary/aromatic N) is 1. The van der Waals surface area contributed by atoms with E-state index < -0.39 is 5.60 Å². The molecule has 1 aromatic rings. The molecule has 5 heteroatoms. The van der Waals surface area contributed by atoms with Crippen LogP contribution in [0.1, 0.15) is 37.7 Å². The molecule has 1 heterocycles. The second kappa shape index (κ2) is 8.11. The third kappa shape index (κ3) is 4.67. The molecule has 25 heavy (non-hydrogen) atoms. The van der Waals surface area contributed by atoms with Gasteiger partial charge in [0, 0.05) is 32.1 Å². The van der Waals surface area contributed by atoms with E-state index in [1.807, 2.05) is 0 Å². The second-order valence-corrected chi connectivity index (χ2v) is 7.16. The minimum Gasteiger partial charge on any atom is -0.385 e. The lowest BCUT2D eigenvalue weighted by Gasteiger charge is -2.38. The number of amides is 1. The highest BCUT2D eigenvalue weighted by Crippen LogP contribution is 2.32. The topological polar surface area (TPSA) is 52.6 Å². The predicted molar refractivity (Wildman–Crippen MR) is 95.5 cm³/mol. The molecule has 2 aliphatic rings. The van der Waals surface area contributed by atoms with E-state index in [9.17, 15) is 14.3 Å². The standard InChI is InChI=1S/C20H27FN2O2/c21-18-8-4-7-17(15-18)20(25)9-12-23(13-10-20)14-11-22-19(24)16-5-2-1-3-6-16/h1-2,4,7-8,15-16,25H,3,5-6,9-14H2,(H,22,24). The van der Waals surface area contributed by atoms with Crippen LogP contribution in [-0.2, 0) is 10.4 Å². The van der Waals surface area contributed by atoms with Crippen molar-refractivity contribution in [2.45, 2.75) is 37.7 Å². The summed E-state index contributed by atoms with van der Waals surface area (Å²) < 4.78 is 13.4. The van der Waals surface area contributed by atoms with Crippen molar-refractivity contribution < 1.29 is 14.3 Å². The average molecular weight is 346 g/mol. The van der Waals surface area contributed by atoms with Gasteiger partial charge >= 0.3 is 0 Å². The summed E-state index contributed by atoms with van der Waals surface area (Å²) in [5.41, 5.74) is -0.290. The van der Waals surface area contributed by atoms with Crippen molar-refractivity contribution in [3.63, 3.8) is 0 Å². The van der Waals surface area contributed by atoms with E-state index in [2.05, 4.69) is 22.4 Å². The van der Waals surface area contributed by atoms with Crippen LogP contribution < -0.4 is 5.32 Å². The molecule has 4 nitrogen and oxygen atoms in total. The number of rotatable bonds is 5. The maximum atomic E-state index is 13.4. The number of piperidine rings is 1. The highest BCUT2D eigenvalue weighted by atomic mass is 19.1. The first-order valence-electron chi connectivity index (χ1n) is 9.20. The smallest absolute Gasteiger partial charge is 0.223 e. The molecule has 1 aliphatic heterocycles.